The van der Waals surface area contributed by atoms with Crippen molar-refractivity contribution in [3.05, 3.63) is 48.5 Å². The zero-order valence-electron chi connectivity index (χ0n) is 17.0. The van der Waals surface area contributed by atoms with Crippen LogP contribution in [-0.4, -0.2) is 55.5 Å². The summed E-state index contributed by atoms with van der Waals surface area (Å²) in [5.41, 5.74) is 1.59. The van der Waals surface area contributed by atoms with Crippen LogP contribution in [0, 0.1) is 0 Å². The van der Waals surface area contributed by atoms with Crippen molar-refractivity contribution in [3.63, 3.8) is 0 Å². The second-order valence-electron chi connectivity index (χ2n) is 6.56. The normalized spacial score (nSPS) is 13.6. The van der Waals surface area contributed by atoms with Gasteiger partial charge in [0.15, 0.2) is 0 Å². The topological polar surface area (TPSA) is 93.7 Å². The molecule has 2 N–H and O–H groups in total. The Morgan fingerprint density at radius 1 is 0.867 bits per heavy atom. The highest BCUT2D eigenvalue weighted by Gasteiger charge is 2.17. The zero-order chi connectivity index (χ0) is 20.8. The number of nitrogens with one attached hydrogen (secondary N) is 2. The Morgan fingerprint density at radius 3 is 2.30 bits per heavy atom. The van der Waals surface area contributed by atoms with Gasteiger partial charge in [-0.15, -0.1) is 0 Å². The number of para-hydroxylation sites is 1. The number of morpholine rings is 1. The molecule has 0 spiro atoms. The molecule has 2 aromatic carbocycles. The molecule has 0 saturated carbocycles. The molecule has 30 heavy (non-hydrogen) atoms. The van der Waals surface area contributed by atoms with Crippen LogP contribution in [0.5, 0.6) is 11.5 Å². The molecule has 1 fully saturated rings. The molecular weight excluding hydrogens is 384 g/mol. The van der Waals surface area contributed by atoms with E-state index in [0.717, 1.165) is 18.8 Å². The summed E-state index contributed by atoms with van der Waals surface area (Å²) in [5.74, 6) is 2.78. The summed E-state index contributed by atoms with van der Waals surface area (Å²) in [6.07, 6.45) is 0. The number of rotatable bonds is 7. The molecule has 0 bridgehead atoms. The van der Waals surface area contributed by atoms with E-state index in [0.29, 0.717) is 48.2 Å². The summed E-state index contributed by atoms with van der Waals surface area (Å²) in [6.45, 7) is 2.71. The molecule has 2 heterocycles. The van der Waals surface area contributed by atoms with Gasteiger partial charge in [0.2, 0.25) is 17.8 Å². The van der Waals surface area contributed by atoms with E-state index in [-0.39, 0.29) is 0 Å². The van der Waals surface area contributed by atoms with E-state index < -0.39 is 0 Å². The third-order valence-corrected chi connectivity index (χ3v) is 4.60. The number of anilines is 5. The first-order chi connectivity index (χ1) is 14.7. The van der Waals surface area contributed by atoms with Crippen molar-refractivity contribution >= 4 is 29.2 Å². The zero-order valence-corrected chi connectivity index (χ0v) is 17.0. The fraction of sp³-hybridized carbons (Fsp3) is 0.286. The van der Waals surface area contributed by atoms with Crippen LogP contribution in [0.3, 0.4) is 0 Å². The van der Waals surface area contributed by atoms with E-state index in [1.807, 2.05) is 48.5 Å². The highest BCUT2D eigenvalue weighted by molar-refractivity contribution is 5.66. The van der Waals surface area contributed by atoms with Gasteiger partial charge >= 0.3 is 0 Å². The van der Waals surface area contributed by atoms with Crippen molar-refractivity contribution in [3.8, 4) is 11.5 Å². The molecule has 0 aliphatic carbocycles. The van der Waals surface area contributed by atoms with Gasteiger partial charge in [0.25, 0.3) is 0 Å². The Kier molecular flexibility index (Phi) is 6.09. The van der Waals surface area contributed by atoms with Crippen molar-refractivity contribution < 1.29 is 14.2 Å². The van der Waals surface area contributed by atoms with Crippen molar-refractivity contribution in [2.75, 3.05) is 56.1 Å². The van der Waals surface area contributed by atoms with Gasteiger partial charge < -0.3 is 29.7 Å². The Labute approximate surface area is 175 Å². The van der Waals surface area contributed by atoms with E-state index in [9.17, 15) is 0 Å². The molecule has 0 atom stereocenters. The fourth-order valence-corrected chi connectivity index (χ4v) is 3.06. The summed E-state index contributed by atoms with van der Waals surface area (Å²) in [6, 6.07) is 15.3. The SMILES string of the molecule is COc1ccc(OC)c(Nc2nc(Nc3ccccc3)nc(N3CCOCC3)n2)c1. The summed E-state index contributed by atoms with van der Waals surface area (Å²) in [5, 5.41) is 6.48. The minimum atomic E-state index is 0.400. The standard InChI is InChI=1S/C21H24N6O3/c1-28-16-8-9-18(29-2)17(14-16)23-20-24-19(22-15-6-4-3-5-7-15)25-21(26-20)27-10-12-30-13-11-27/h3-9,14H,10-13H2,1-2H3,(H2,22,23,24,25,26). The first-order valence-electron chi connectivity index (χ1n) is 9.65. The molecule has 0 radical (unpaired) electrons. The monoisotopic (exact) mass is 408 g/mol. The van der Waals surface area contributed by atoms with Gasteiger partial charge in [0.05, 0.1) is 33.1 Å². The molecule has 4 rings (SSSR count). The van der Waals surface area contributed by atoms with Crippen LogP contribution in [0.2, 0.25) is 0 Å². The maximum atomic E-state index is 5.46. The molecule has 9 heteroatoms. The summed E-state index contributed by atoms with van der Waals surface area (Å²) in [7, 11) is 3.23. The number of nitrogens with zero attached hydrogens (tertiary/aromatic N) is 4. The molecule has 1 saturated heterocycles. The number of aromatic nitrogens is 3. The molecule has 1 aliphatic heterocycles. The number of methoxy groups -OCH3 is 2. The third-order valence-electron chi connectivity index (χ3n) is 4.60. The molecule has 0 unspecified atom stereocenters. The maximum Gasteiger partial charge on any atom is 0.233 e. The summed E-state index contributed by atoms with van der Waals surface area (Å²) < 4.78 is 16.2. The fourth-order valence-electron chi connectivity index (χ4n) is 3.06. The average molecular weight is 408 g/mol. The van der Waals surface area contributed by atoms with Crippen molar-refractivity contribution in [2.24, 2.45) is 0 Å². The van der Waals surface area contributed by atoms with Crippen LogP contribution < -0.4 is 25.0 Å². The van der Waals surface area contributed by atoms with E-state index >= 15 is 0 Å². The van der Waals surface area contributed by atoms with Crippen LogP contribution in [0.25, 0.3) is 0 Å². The Bertz CT molecular complexity index is 980. The second kappa shape index (κ2) is 9.27. The second-order valence-corrected chi connectivity index (χ2v) is 6.56. The molecular formula is C21H24N6O3. The lowest BCUT2D eigenvalue weighted by Gasteiger charge is -2.27. The molecule has 1 aromatic heterocycles. The largest absolute Gasteiger partial charge is 0.497 e. The van der Waals surface area contributed by atoms with Crippen LogP contribution >= 0.6 is 0 Å². The van der Waals surface area contributed by atoms with E-state index in [1.165, 1.54) is 0 Å². The van der Waals surface area contributed by atoms with Gasteiger partial charge in [-0.05, 0) is 24.3 Å². The Balaban J connectivity index is 1.68. The van der Waals surface area contributed by atoms with Crippen molar-refractivity contribution in [1.82, 2.24) is 15.0 Å². The molecule has 3 aromatic rings. The van der Waals surface area contributed by atoms with Gasteiger partial charge in [0, 0.05) is 24.8 Å². The van der Waals surface area contributed by atoms with Crippen LogP contribution in [0.4, 0.5) is 29.2 Å². The van der Waals surface area contributed by atoms with Crippen molar-refractivity contribution in [2.45, 2.75) is 0 Å². The lowest BCUT2D eigenvalue weighted by Crippen LogP contribution is -2.37. The summed E-state index contributed by atoms with van der Waals surface area (Å²) >= 11 is 0. The first kappa shape index (κ1) is 19.7. The minimum absolute atomic E-state index is 0.400. The van der Waals surface area contributed by atoms with Crippen LogP contribution in [0.1, 0.15) is 0 Å². The van der Waals surface area contributed by atoms with Gasteiger partial charge in [-0.1, -0.05) is 18.2 Å². The first-order valence-corrected chi connectivity index (χ1v) is 9.65. The van der Waals surface area contributed by atoms with Crippen molar-refractivity contribution in [1.29, 1.82) is 0 Å². The molecule has 156 valence electrons. The highest BCUT2D eigenvalue weighted by atomic mass is 16.5. The molecule has 0 amide bonds. The number of benzene rings is 2. The number of ether oxygens (including phenoxy) is 3. The van der Waals surface area contributed by atoms with Gasteiger partial charge in [-0.2, -0.15) is 15.0 Å². The predicted molar refractivity (Wildman–Crippen MR) is 115 cm³/mol. The minimum Gasteiger partial charge on any atom is -0.497 e. The van der Waals surface area contributed by atoms with Gasteiger partial charge in [0.1, 0.15) is 11.5 Å². The lowest BCUT2D eigenvalue weighted by atomic mass is 10.2. The van der Waals surface area contributed by atoms with E-state index in [2.05, 4.69) is 30.5 Å². The van der Waals surface area contributed by atoms with Gasteiger partial charge in [-0.25, -0.2) is 0 Å². The lowest BCUT2D eigenvalue weighted by molar-refractivity contribution is 0.122. The van der Waals surface area contributed by atoms with Gasteiger partial charge in [-0.3, -0.25) is 0 Å². The van der Waals surface area contributed by atoms with Crippen LogP contribution in [0.15, 0.2) is 48.5 Å². The molecule has 1 aliphatic rings. The van der Waals surface area contributed by atoms with E-state index in [1.54, 1.807) is 14.2 Å². The average Bonchev–Trinajstić information content (AvgIpc) is 2.80. The third kappa shape index (κ3) is 4.69. The molecule has 9 nitrogen and oxygen atoms in total. The highest BCUT2D eigenvalue weighted by Crippen LogP contribution is 2.31. The van der Waals surface area contributed by atoms with Crippen LogP contribution in [-0.2, 0) is 4.74 Å². The van der Waals surface area contributed by atoms with E-state index in [4.69, 9.17) is 14.2 Å². The number of hydrogen-bond acceptors (Lipinski definition) is 9. The predicted octanol–water partition coefficient (Wildman–Crippen LogP) is 3.21. The Morgan fingerprint density at radius 2 is 1.60 bits per heavy atom. The maximum absolute atomic E-state index is 5.46. The number of hydrogen-bond donors (Lipinski definition) is 2. The quantitative estimate of drug-likeness (QED) is 0.611. The Hall–Kier alpha value is -3.59. The summed E-state index contributed by atoms with van der Waals surface area (Å²) in [4.78, 5) is 15.9. The smallest absolute Gasteiger partial charge is 0.233 e.